The summed E-state index contributed by atoms with van der Waals surface area (Å²) in [5.74, 6) is -1.25. The molecule has 1 saturated heterocycles. The molecule has 0 saturated carbocycles. The van der Waals surface area contributed by atoms with Crippen LogP contribution in [0.25, 0.3) is 6.08 Å². The van der Waals surface area contributed by atoms with Crippen molar-refractivity contribution in [3.05, 3.63) is 81.8 Å². The molecule has 1 aliphatic rings. The first kappa shape index (κ1) is 27.9. The van der Waals surface area contributed by atoms with Crippen molar-refractivity contribution in [2.45, 2.75) is 18.7 Å². The standard InChI is InChI=1S/C27H23BrN2O8S/c1-4-37-23-15-17(14-22(28)24(23)38-39(34,35)20-11-5-16(2)6-12-20)13-21-25(31)29-27(33)30(26(21)32)18-7-9-19(36-3)10-8-18/h5-15H,4H2,1-3H3,(H,29,31,33)/b21-13+. The van der Waals surface area contributed by atoms with Crippen molar-refractivity contribution < 1.29 is 36.5 Å². The number of hydrogen-bond acceptors (Lipinski definition) is 8. The summed E-state index contributed by atoms with van der Waals surface area (Å²) >= 11 is 3.31. The summed E-state index contributed by atoms with van der Waals surface area (Å²) in [6.45, 7) is 3.71. The lowest BCUT2D eigenvalue weighted by atomic mass is 10.1. The zero-order chi connectivity index (χ0) is 28.3. The number of imide groups is 2. The summed E-state index contributed by atoms with van der Waals surface area (Å²) in [6, 6.07) is 14.3. The van der Waals surface area contributed by atoms with E-state index >= 15 is 0 Å². The van der Waals surface area contributed by atoms with Crippen LogP contribution in [0.1, 0.15) is 18.1 Å². The molecule has 0 spiro atoms. The quantitative estimate of drug-likeness (QED) is 0.221. The highest BCUT2D eigenvalue weighted by Gasteiger charge is 2.37. The first-order valence-electron chi connectivity index (χ1n) is 11.6. The number of halogens is 1. The van der Waals surface area contributed by atoms with Gasteiger partial charge in [-0.25, -0.2) is 9.69 Å². The van der Waals surface area contributed by atoms with Gasteiger partial charge in [0.15, 0.2) is 11.5 Å². The van der Waals surface area contributed by atoms with Crippen LogP contribution in [-0.4, -0.2) is 40.0 Å². The number of aryl methyl sites for hydroxylation is 1. The van der Waals surface area contributed by atoms with Crippen LogP contribution in [0, 0.1) is 6.92 Å². The van der Waals surface area contributed by atoms with Crippen molar-refractivity contribution in [1.29, 1.82) is 0 Å². The van der Waals surface area contributed by atoms with Gasteiger partial charge in [-0.15, -0.1) is 0 Å². The van der Waals surface area contributed by atoms with E-state index < -0.39 is 28.0 Å². The van der Waals surface area contributed by atoms with E-state index in [2.05, 4.69) is 21.2 Å². The van der Waals surface area contributed by atoms with E-state index in [1.54, 1.807) is 31.2 Å². The summed E-state index contributed by atoms with van der Waals surface area (Å²) in [7, 11) is -2.71. The maximum absolute atomic E-state index is 13.2. The van der Waals surface area contributed by atoms with Crippen LogP contribution in [-0.2, 0) is 19.7 Å². The predicted molar refractivity (Wildman–Crippen MR) is 146 cm³/mol. The third kappa shape index (κ3) is 5.96. The van der Waals surface area contributed by atoms with Crippen LogP contribution in [0.2, 0.25) is 0 Å². The molecule has 1 aliphatic heterocycles. The molecule has 1 N–H and O–H groups in total. The molecule has 0 unspecified atom stereocenters. The van der Waals surface area contributed by atoms with E-state index in [0.29, 0.717) is 11.3 Å². The van der Waals surface area contributed by atoms with Crippen molar-refractivity contribution in [3.8, 4) is 17.2 Å². The molecule has 0 bridgehead atoms. The second-order valence-electron chi connectivity index (χ2n) is 8.27. The molecule has 39 heavy (non-hydrogen) atoms. The number of nitrogens with zero attached hydrogens (tertiary/aromatic N) is 1. The lowest BCUT2D eigenvalue weighted by molar-refractivity contribution is -0.122. The number of barbiturate groups is 1. The van der Waals surface area contributed by atoms with E-state index in [0.717, 1.165) is 10.5 Å². The van der Waals surface area contributed by atoms with Crippen LogP contribution in [0.3, 0.4) is 0 Å². The van der Waals surface area contributed by atoms with Gasteiger partial charge in [0.25, 0.3) is 11.8 Å². The third-order valence-corrected chi connectivity index (χ3v) is 7.40. The number of hydrogen-bond donors (Lipinski definition) is 1. The van der Waals surface area contributed by atoms with Crippen molar-refractivity contribution >= 4 is 55.7 Å². The Bertz CT molecular complexity index is 1580. The largest absolute Gasteiger partial charge is 0.497 e. The van der Waals surface area contributed by atoms with Gasteiger partial charge in [-0.1, -0.05) is 17.7 Å². The van der Waals surface area contributed by atoms with Gasteiger partial charge in [0, 0.05) is 0 Å². The Morgan fingerprint density at radius 3 is 2.28 bits per heavy atom. The van der Waals surface area contributed by atoms with Gasteiger partial charge in [0.1, 0.15) is 16.2 Å². The van der Waals surface area contributed by atoms with Crippen LogP contribution in [0.15, 0.2) is 75.6 Å². The molecule has 0 aliphatic carbocycles. The number of rotatable bonds is 8. The minimum atomic E-state index is -4.20. The molecule has 3 aromatic carbocycles. The molecule has 4 rings (SSSR count). The van der Waals surface area contributed by atoms with E-state index in [4.69, 9.17) is 13.7 Å². The molecule has 3 aromatic rings. The normalized spacial score (nSPS) is 14.8. The summed E-state index contributed by atoms with van der Waals surface area (Å²) in [5, 5.41) is 2.16. The Morgan fingerprint density at radius 2 is 1.67 bits per heavy atom. The fourth-order valence-corrected chi connectivity index (χ4v) is 5.27. The highest BCUT2D eigenvalue weighted by Crippen LogP contribution is 2.39. The monoisotopic (exact) mass is 614 g/mol. The lowest BCUT2D eigenvalue weighted by Gasteiger charge is -2.26. The van der Waals surface area contributed by atoms with Gasteiger partial charge < -0.3 is 13.7 Å². The SMILES string of the molecule is CCOc1cc(/C=C2\C(=O)NC(=O)N(c3ccc(OC)cc3)C2=O)cc(Br)c1OS(=O)(=O)c1ccc(C)cc1. The lowest BCUT2D eigenvalue weighted by Crippen LogP contribution is -2.54. The summed E-state index contributed by atoms with van der Waals surface area (Å²) in [4.78, 5) is 39.1. The Morgan fingerprint density at radius 1 is 1.00 bits per heavy atom. The Kier molecular flexibility index (Phi) is 8.07. The van der Waals surface area contributed by atoms with Crippen molar-refractivity contribution in [3.63, 3.8) is 0 Å². The van der Waals surface area contributed by atoms with Crippen LogP contribution in [0.5, 0.6) is 17.2 Å². The highest BCUT2D eigenvalue weighted by molar-refractivity contribution is 9.10. The van der Waals surface area contributed by atoms with Gasteiger partial charge in [-0.05, 0) is 89.9 Å². The van der Waals surface area contributed by atoms with E-state index in [1.165, 1.54) is 49.6 Å². The fraction of sp³-hybridized carbons (Fsp3) is 0.148. The molecule has 0 aromatic heterocycles. The molecule has 1 heterocycles. The Labute approximate surface area is 233 Å². The minimum Gasteiger partial charge on any atom is -0.497 e. The number of ether oxygens (including phenoxy) is 2. The van der Waals surface area contributed by atoms with Crippen molar-refractivity contribution in [2.75, 3.05) is 18.6 Å². The predicted octanol–water partition coefficient (Wildman–Crippen LogP) is 4.60. The molecule has 0 atom stereocenters. The van der Waals surface area contributed by atoms with Gasteiger partial charge in [-0.3, -0.25) is 14.9 Å². The van der Waals surface area contributed by atoms with Gasteiger partial charge in [-0.2, -0.15) is 8.42 Å². The second kappa shape index (κ2) is 11.3. The zero-order valence-corrected chi connectivity index (χ0v) is 23.5. The highest BCUT2D eigenvalue weighted by atomic mass is 79.9. The smallest absolute Gasteiger partial charge is 0.339 e. The first-order valence-corrected chi connectivity index (χ1v) is 13.8. The maximum Gasteiger partial charge on any atom is 0.339 e. The number of benzene rings is 3. The topological polar surface area (TPSA) is 128 Å². The Hall–Kier alpha value is -4.16. The molecular formula is C27H23BrN2O8S. The molecule has 1 fully saturated rings. The van der Waals surface area contributed by atoms with Crippen molar-refractivity contribution in [1.82, 2.24) is 5.32 Å². The van der Waals surface area contributed by atoms with Crippen LogP contribution in [0.4, 0.5) is 10.5 Å². The van der Waals surface area contributed by atoms with Gasteiger partial charge in [0.2, 0.25) is 0 Å². The third-order valence-electron chi connectivity index (χ3n) is 5.58. The molecule has 10 nitrogen and oxygen atoms in total. The first-order chi connectivity index (χ1) is 18.5. The second-order valence-corrected chi connectivity index (χ2v) is 10.7. The zero-order valence-electron chi connectivity index (χ0n) is 21.1. The number of urea groups is 1. The molecule has 4 amide bonds. The minimum absolute atomic E-state index is 0.0404. The molecule has 12 heteroatoms. The molecule has 0 radical (unpaired) electrons. The van der Waals surface area contributed by atoms with Crippen LogP contribution < -0.4 is 23.9 Å². The summed E-state index contributed by atoms with van der Waals surface area (Å²) in [5.41, 5.74) is 1.11. The number of anilines is 1. The summed E-state index contributed by atoms with van der Waals surface area (Å²) < 4.78 is 42.1. The number of methoxy groups -OCH3 is 1. The number of nitrogens with one attached hydrogen (secondary N) is 1. The Balaban J connectivity index is 1.70. The summed E-state index contributed by atoms with van der Waals surface area (Å²) in [6.07, 6.45) is 1.27. The van der Waals surface area contributed by atoms with Crippen LogP contribution >= 0.6 is 15.9 Å². The molecular weight excluding hydrogens is 592 g/mol. The van der Waals surface area contributed by atoms with Gasteiger partial charge >= 0.3 is 16.1 Å². The van der Waals surface area contributed by atoms with Crippen molar-refractivity contribution in [2.24, 2.45) is 0 Å². The average Bonchev–Trinajstić information content (AvgIpc) is 2.89. The van der Waals surface area contributed by atoms with E-state index in [1.807, 2.05) is 6.92 Å². The van der Waals surface area contributed by atoms with Gasteiger partial charge in [0.05, 0.1) is 23.9 Å². The number of carbonyl (C=O) groups excluding carboxylic acids is 3. The van der Waals surface area contributed by atoms with E-state index in [9.17, 15) is 22.8 Å². The fourth-order valence-electron chi connectivity index (χ4n) is 3.67. The van der Waals surface area contributed by atoms with E-state index in [-0.39, 0.29) is 38.7 Å². The number of amides is 4. The maximum atomic E-state index is 13.2. The average molecular weight is 615 g/mol. The molecule has 202 valence electrons. The number of carbonyl (C=O) groups is 3.